The summed E-state index contributed by atoms with van der Waals surface area (Å²) in [6, 6.07) is 0. The van der Waals surface area contributed by atoms with Crippen LogP contribution in [0.15, 0.2) is 12.2 Å². The smallest absolute Gasteiger partial charge is 0.174 e. The van der Waals surface area contributed by atoms with Crippen LogP contribution < -0.4 is 0 Å². The Bertz CT molecular complexity index is 172. The zero-order valence-corrected chi connectivity index (χ0v) is 10.00. The molecule has 0 spiro atoms. The van der Waals surface area contributed by atoms with Crippen LogP contribution in [0.3, 0.4) is 0 Å². The third-order valence-corrected chi connectivity index (χ3v) is 4.18. The normalized spacial score (nSPS) is 14.0. The number of rotatable bonds is 5. The molecule has 78 valence electrons. The summed E-state index contributed by atoms with van der Waals surface area (Å²) >= 11 is 3.56. The van der Waals surface area contributed by atoms with Crippen molar-refractivity contribution in [3.8, 4) is 0 Å². The Hall–Kier alpha value is 0.0800. The highest BCUT2D eigenvalue weighted by molar-refractivity contribution is 9.09. The van der Waals surface area contributed by atoms with Crippen molar-refractivity contribution in [2.75, 3.05) is 0 Å². The van der Waals surface area contributed by atoms with Gasteiger partial charge in [-0.25, -0.2) is 0 Å². The molecule has 0 rings (SSSR count). The lowest BCUT2D eigenvalue weighted by Crippen LogP contribution is -2.23. The van der Waals surface area contributed by atoms with E-state index in [2.05, 4.69) is 36.7 Å². The molecule has 0 nitrogen and oxygen atoms in total. The lowest BCUT2D eigenvalue weighted by molar-refractivity contribution is 0.320. The third kappa shape index (κ3) is 5.40. The van der Waals surface area contributed by atoms with Crippen molar-refractivity contribution in [1.29, 1.82) is 0 Å². The van der Waals surface area contributed by atoms with Gasteiger partial charge in [-0.3, -0.25) is 0 Å². The highest BCUT2D eigenvalue weighted by Gasteiger charge is 2.24. The highest BCUT2D eigenvalue weighted by atomic mass is 79.9. The van der Waals surface area contributed by atoms with Gasteiger partial charge in [-0.15, -0.1) is 0 Å². The van der Waals surface area contributed by atoms with Crippen LogP contribution in [0.2, 0.25) is 0 Å². The predicted molar refractivity (Wildman–Crippen MR) is 56.3 cm³/mol. The molecule has 0 N–H and O–H groups in total. The molecule has 0 saturated heterocycles. The minimum absolute atomic E-state index is 0.0840. The summed E-state index contributed by atoms with van der Waals surface area (Å²) < 4.78 is 23.5. The van der Waals surface area contributed by atoms with Gasteiger partial charge in [0, 0.05) is 4.83 Å². The molecule has 0 heterocycles. The summed E-state index contributed by atoms with van der Waals surface area (Å²) in [5.41, 5.74) is 0.0840. The van der Waals surface area contributed by atoms with Gasteiger partial charge in [0.25, 0.3) is 6.08 Å². The van der Waals surface area contributed by atoms with Gasteiger partial charge in [-0.05, 0) is 30.8 Å². The molecule has 0 aliphatic heterocycles. The molecule has 1 unspecified atom stereocenters. The van der Waals surface area contributed by atoms with Crippen molar-refractivity contribution < 1.29 is 8.78 Å². The molecule has 0 aromatic heterocycles. The highest BCUT2D eigenvalue weighted by Crippen LogP contribution is 2.34. The van der Waals surface area contributed by atoms with Crippen LogP contribution in [0.4, 0.5) is 8.78 Å². The molecule has 3 heteroatoms. The summed E-state index contributed by atoms with van der Waals surface area (Å²) in [6.45, 7) is 6.28. The Kier molecular flexibility index (Phi) is 5.77. The first kappa shape index (κ1) is 13.1. The minimum atomic E-state index is -1.57. The standard InChI is InChI=1S/C10H17BrF2/c1-4-8(11)10(2,3)7-5-6-9(12)13/h6,8H,4-5,7H2,1-3H3. The Balaban J connectivity index is 3.96. The molecule has 0 saturated carbocycles. The van der Waals surface area contributed by atoms with Gasteiger partial charge in [-0.2, -0.15) is 8.78 Å². The fourth-order valence-corrected chi connectivity index (χ4v) is 1.49. The van der Waals surface area contributed by atoms with Crippen LogP contribution >= 0.6 is 15.9 Å². The molecular weight excluding hydrogens is 238 g/mol. The van der Waals surface area contributed by atoms with Crippen molar-refractivity contribution in [2.45, 2.75) is 44.9 Å². The summed E-state index contributed by atoms with van der Waals surface area (Å²) in [6.07, 6.45) is 1.69. The van der Waals surface area contributed by atoms with Crippen LogP contribution in [0.5, 0.6) is 0 Å². The predicted octanol–water partition coefficient (Wildman–Crippen LogP) is 4.75. The molecule has 0 aromatic rings. The third-order valence-electron chi connectivity index (χ3n) is 2.29. The molecule has 13 heavy (non-hydrogen) atoms. The van der Waals surface area contributed by atoms with Crippen LogP contribution in [-0.2, 0) is 0 Å². The van der Waals surface area contributed by atoms with Crippen molar-refractivity contribution >= 4 is 15.9 Å². The average molecular weight is 255 g/mol. The van der Waals surface area contributed by atoms with E-state index in [-0.39, 0.29) is 5.41 Å². The van der Waals surface area contributed by atoms with Gasteiger partial charge >= 0.3 is 0 Å². The molecule has 0 aromatic carbocycles. The first-order valence-electron chi connectivity index (χ1n) is 4.55. The van der Waals surface area contributed by atoms with Crippen LogP contribution in [-0.4, -0.2) is 4.83 Å². The zero-order chi connectivity index (χ0) is 10.5. The SMILES string of the molecule is CCC(Br)C(C)(C)CCC=C(F)F. The van der Waals surface area contributed by atoms with Crippen molar-refractivity contribution in [3.05, 3.63) is 12.2 Å². The van der Waals surface area contributed by atoms with E-state index in [1.807, 2.05) is 0 Å². The number of allylic oxidation sites excluding steroid dienone is 1. The lowest BCUT2D eigenvalue weighted by Gasteiger charge is -2.29. The quantitative estimate of drug-likeness (QED) is 0.622. The fraction of sp³-hybridized carbons (Fsp3) is 0.800. The van der Waals surface area contributed by atoms with E-state index in [0.29, 0.717) is 11.2 Å². The summed E-state index contributed by atoms with van der Waals surface area (Å²) in [4.78, 5) is 0.399. The van der Waals surface area contributed by atoms with Gasteiger partial charge in [0.15, 0.2) is 0 Å². The van der Waals surface area contributed by atoms with E-state index < -0.39 is 6.08 Å². The second kappa shape index (κ2) is 5.74. The summed E-state index contributed by atoms with van der Waals surface area (Å²) in [7, 11) is 0. The van der Waals surface area contributed by atoms with E-state index in [9.17, 15) is 8.78 Å². The average Bonchev–Trinajstić information content (AvgIpc) is 2.01. The lowest BCUT2D eigenvalue weighted by atomic mass is 9.83. The van der Waals surface area contributed by atoms with E-state index in [1.54, 1.807) is 0 Å². The first-order chi connectivity index (χ1) is 5.90. The Labute approximate surface area is 87.5 Å². The number of halogens is 3. The maximum Gasteiger partial charge on any atom is 0.266 e. The maximum absolute atomic E-state index is 11.7. The second-order valence-electron chi connectivity index (χ2n) is 3.90. The molecule has 0 fully saturated rings. The van der Waals surface area contributed by atoms with Crippen LogP contribution in [0.1, 0.15) is 40.0 Å². The van der Waals surface area contributed by atoms with Crippen LogP contribution in [0.25, 0.3) is 0 Å². The number of hydrogen-bond acceptors (Lipinski definition) is 0. The van der Waals surface area contributed by atoms with Gasteiger partial charge in [0.05, 0.1) is 0 Å². The molecule has 0 aliphatic rings. The summed E-state index contributed by atoms with van der Waals surface area (Å²) in [5.74, 6) is 0. The van der Waals surface area contributed by atoms with E-state index in [1.165, 1.54) is 0 Å². The number of alkyl halides is 1. The molecule has 0 amide bonds. The van der Waals surface area contributed by atoms with E-state index >= 15 is 0 Å². The van der Waals surface area contributed by atoms with Gasteiger partial charge < -0.3 is 0 Å². The van der Waals surface area contributed by atoms with Crippen molar-refractivity contribution in [3.63, 3.8) is 0 Å². The molecule has 0 bridgehead atoms. The first-order valence-corrected chi connectivity index (χ1v) is 5.47. The molecule has 0 aliphatic carbocycles. The van der Waals surface area contributed by atoms with Crippen molar-refractivity contribution in [1.82, 2.24) is 0 Å². The van der Waals surface area contributed by atoms with Gasteiger partial charge in [-0.1, -0.05) is 36.7 Å². The Morgan fingerprint density at radius 2 is 2.00 bits per heavy atom. The minimum Gasteiger partial charge on any atom is -0.174 e. The molecule has 0 radical (unpaired) electrons. The molecule has 1 atom stereocenters. The monoisotopic (exact) mass is 254 g/mol. The largest absolute Gasteiger partial charge is 0.266 e. The fourth-order valence-electron chi connectivity index (χ4n) is 1.26. The topological polar surface area (TPSA) is 0 Å². The van der Waals surface area contributed by atoms with Gasteiger partial charge in [0.1, 0.15) is 0 Å². The van der Waals surface area contributed by atoms with E-state index in [4.69, 9.17) is 0 Å². The Morgan fingerprint density at radius 3 is 2.38 bits per heavy atom. The van der Waals surface area contributed by atoms with E-state index in [0.717, 1.165) is 18.9 Å². The van der Waals surface area contributed by atoms with Crippen molar-refractivity contribution in [2.24, 2.45) is 5.41 Å². The second-order valence-corrected chi connectivity index (χ2v) is 5.00. The Morgan fingerprint density at radius 1 is 1.46 bits per heavy atom. The molecular formula is C10H17BrF2. The zero-order valence-electron chi connectivity index (χ0n) is 8.41. The van der Waals surface area contributed by atoms with Gasteiger partial charge in [0.2, 0.25) is 0 Å². The number of hydrogen-bond donors (Lipinski definition) is 0. The van der Waals surface area contributed by atoms with Crippen LogP contribution in [0, 0.1) is 5.41 Å². The summed E-state index contributed by atoms with van der Waals surface area (Å²) in [5, 5.41) is 0. The maximum atomic E-state index is 11.7.